The zero-order valence-corrected chi connectivity index (χ0v) is 17.3. The summed E-state index contributed by atoms with van der Waals surface area (Å²) in [5, 5.41) is 3.93. The molecule has 3 nitrogen and oxygen atoms in total. The van der Waals surface area contributed by atoms with Crippen LogP contribution in [0.3, 0.4) is 0 Å². The van der Waals surface area contributed by atoms with Gasteiger partial charge in [-0.15, -0.1) is 12.6 Å². The van der Waals surface area contributed by atoms with Crippen molar-refractivity contribution in [1.29, 1.82) is 0 Å². The number of hydrogen-bond acceptors (Lipinski definition) is 3. The Morgan fingerprint density at radius 2 is 1.83 bits per heavy atom. The molecule has 150 valence electrons. The molecule has 1 amide bonds. The van der Waals surface area contributed by atoms with Crippen molar-refractivity contribution in [1.82, 2.24) is 4.98 Å². The lowest BCUT2D eigenvalue weighted by Gasteiger charge is -2.32. The monoisotopic (exact) mass is 408 g/mol. The van der Waals surface area contributed by atoms with E-state index in [9.17, 15) is 9.18 Å². The van der Waals surface area contributed by atoms with Gasteiger partial charge in [-0.2, -0.15) is 0 Å². The van der Waals surface area contributed by atoms with E-state index in [0.29, 0.717) is 11.8 Å². The van der Waals surface area contributed by atoms with E-state index in [1.165, 1.54) is 11.6 Å². The molecule has 5 heteroatoms. The number of rotatable bonds is 4. The van der Waals surface area contributed by atoms with E-state index in [0.717, 1.165) is 47.2 Å². The Hall–Kier alpha value is -2.40. The number of carbonyl (C=O) groups is 1. The number of nitrogens with zero attached hydrogens (tertiary/aromatic N) is 1. The number of pyridine rings is 1. The number of amides is 1. The number of fused-ring (bicyclic) bond motifs is 1. The van der Waals surface area contributed by atoms with Crippen LogP contribution in [0.5, 0.6) is 0 Å². The van der Waals surface area contributed by atoms with E-state index in [1.807, 2.05) is 43.5 Å². The zero-order valence-electron chi connectivity index (χ0n) is 16.4. The van der Waals surface area contributed by atoms with Gasteiger partial charge in [0.15, 0.2) is 0 Å². The minimum absolute atomic E-state index is 0.0433. The molecule has 3 aromatic rings. The molecule has 0 spiro atoms. The minimum atomic E-state index is -0.225. The molecule has 2 aromatic carbocycles. The molecule has 1 heterocycles. The molecule has 1 fully saturated rings. The van der Waals surface area contributed by atoms with Gasteiger partial charge in [0.05, 0.1) is 5.52 Å². The molecule has 0 radical (unpaired) electrons. The Morgan fingerprint density at radius 1 is 1.10 bits per heavy atom. The predicted molar refractivity (Wildman–Crippen MR) is 118 cm³/mol. The summed E-state index contributed by atoms with van der Waals surface area (Å²) in [5.74, 6) is 0.545. The Labute approximate surface area is 176 Å². The summed E-state index contributed by atoms with van der Waals surface area (Å²) < 4.78 is 13.8. The van der Waals surface area contributed by atoms with Gasteiger partial charge in [-0.3, -0.25) is 9.78 Å². The molecule has 0 saturated heterocycles. The molecule has 0 unspecified atom stereocenters. The Kier molecular flexibility index (Phi) is 5.86. The molecule has 1 aromatic heterocycles. The summed E-state index contributed by atoms with van der Waals surface area (Å²) in [6.45, 7) is 2.02. The van der Waals surface area contributed by atoms with E-state index >= 15 is 0 Å². The molecule has 29 heavy (non-hydrogen) atoms. The molecule has 0 bridgehead atoms. The van der Waals surface area contributed by atoms with Crippen LogP contribution in [0.2, 0.25) is 0 Å². The van der Waals surface area contributed by atoms with Crippen molar-refractivity contribution in [2.75, 3.05) is 5.32 Å². The Morgan fingerprint density at radius 3 is 2.55 bits per heavy atom. The van der Waals surface area contributed by atoms with Crippen molar-refractivity contribution >= 4 is 35.1 Å². The van der Waals surface area contributed by atoms with Crippen molar-refractivity contribution in [2.24, 2.45) is 11.8 Å². The average Bonchev–Trinajstić information content (AvgIpc) is 2.74. The fourth-order valence-electron chi connectivity index (χ4n) is 4.44. The van der Waals surface area contributed by atoms with Gasteiger partial charge < -0.3 is 5.32 Å². The highest BCUT2D eigenvalue weighted by molar-refractivity contribution is 7.80. The summed E-state index contributed by atoms with van der Waals surface area (Å²) in [4.78, 5) is 17.9. The van der Waals surface area contributed by atoms with Gasteiger partial charge in [-0.1, -0.05) is 6.92 Å². The molecule has 1 atom stereocenters. The van der Waals surface area contributed by atoms with E-state index in [1.54, 1.807) is 12.1 Å². The lowest BCUT2D eigenvalue weighted by atomic mass is 9.73. The molecule has 1 aliphatic rings. The van der Waals surface area contributed by atoms with Gasteiger partial charge in [-0.25, -0.2) is 4.39 Å². The third-order valence-electron chi connectivity index (χ3n) is 6.20. The highest BCUT2D eigenvalue weighted by Gasteiger charge is 2.30. The van der Waals surface area contributed by atoms with Crippen LogP contribution in [-0.4, -0.2) is 10.9 Å². The molecule has 0 aliphatic heterocycles. The molecule has 4 rings (SSSR count). The van der Waals surface area contributed by atoms with Gasteiger partial charge in [0.1, 0.15) is 5.82 Å². The Balaban J connectivity index is 1.41. The van der Waals surface area contributed by atoms with Gasteiger partial charge in [0.2, 0.25) is 5.91 Å². The van der Waals surface area contributed by atoms with Gasteiger partial charge >= 0.3 is 0 Å². The van der Waals surface area contributed by atoms with E-state index in [2.05, 4.69) is 22.9 Å². The maximum absolute atomic E-state index is 13.8. The first-order valence-corrected chi connectivity index (χ1v) is 10.6. The second-order valence-electron chi connectivity index (χ2n) is 8.00. The zero-order chi connectivity index (χ0) is 20.4. The van der Waals surface area contributed by atoms with E-state index in [4.69, 9.17) is 0 Å². The molecular weight excluding hydrogens is 383 g/mol. The Bertz CT molecular complexity index is 1010. The number of halogens is 1. The van der Waals surface area contributed by atoms with Gasteiger partial charge in [-0.05, 0) is 91.6 Å². The first kappa shape index (κ1) is 19.9. The summed E-state index contributed by atoms with van der Waals surface area (Å²) in [5.41, 5.74) is 2.82. The van der Waals surface area contributed by atoms with E-state index < -0.39 is 0 Å². The van der Waals surface area contributed by atoms with Gasteiger partial charge in [0, 0.05) is 28.1 Å². The lowest BCUT2D eigenvalue weighted by molar-refractivity contribution is -0.121. The van der Waals surface area contributed by atoms with Crippen molar-refractivity contribution in [2.45, 2.75) is 43.4 Å². The van der Waals surface area contributed by atoms with Crippen LogP contribution in [-0.2, 0) is 4.79 Å². The highest BCUT2D eigenvalue weighted by atomic mass is 32.1. The van der Waals surface area contributed by atoms with Crippen LogP contribution in [0.15, 0.2) is 59.6 Å². The summed E-state index contributed by atoms with van der Waals surface area (Å²) in [6, 6.07) is 14.3. The fourth-order valence-corrected chi connectivity index (χ4v) is 4.59. The summed E-state index contributed by atoms with van der Waals surface area (Å²) >= 11 is 4.28. The maximum atomic E-state index is 13.8. The molecule has 1 N–H and O–H groups in total. The quantitative estimate of drug-likeness (QED) is 0.504. The van der Waals surface area contributed by atoms with Crippen LogP contribution < -0.4 is 5.32 Å². The van der Waals surface area contributed by atoms with Crippen LogP contribution in [0.25, 0.3) is 10.9 Å². The largest absolute Gasteiger partial charge is 0.326 e. The number of aromatic nitrogens is 1. The number of nitrogens with one attached hydrogen (secondary N) is 1. The smallest absolute Gasteiger partial charge is 0.227 e. The number of carbonyl (C=O) groups excluding carboxylic acids is 1. The second-order valence-corrected chi connectivity index (χ2v) is 8.51. The number of hydrogen-bond donors (Lipinski definition) is 2. The SMILES string of the molecule is C[C@@H](C(=O)Nc1ccc(S)cc1)[C@H]1CC[C@@H](c2ccnc3ccc(F)cc32)CC1. The summed E-state index contributed by atoms with van der Waals surface area (Å²) in [7, 11) is 0. The first-order valence-electron chi connectivity index (χ1n) is 10.2. The van der Waals surface area contributed by atoms with Crippen molar-refractivity contribution in [3.63, 3.8) is 0 Å². The maximum Gasteiger partial charge on any atom is 0.227 e. The normalized spacial score (nSPS) is 20.4. The van der Waals surface area contributed by atoms with Crippen LogP contribution in [0, 0.1) is 17.7 Å². The third kappa shape index (κ3) is 4.45. The molecular formula is C24H25FN2OS. The summed E-state index contributed by atoms with van der Waals surface area (Å²) in [6.07, 6.45) is 5.81. The molecule has 1 aliphatic carbocycles. The van der Waals surface area contributed by atoms with Crippen LogP contribution >= 0.6 is 12.6 Å². The van der Waals surface area contributed by atoms with E-state index in [-0.39, 0.29) is 17.6 Å². The number of thiol groups is 1. The highest BCUT2D eigenvalue weighted by Crippen LogP contribution is 2.41. The van der Waals surface area contributed by atoms with Gasteiger partial charge in [0.25, 0.3) is 0 Å². The van der Waals surface area contributed by atoms with Crippen molar-refractivity contribution in [3.05, 3.63) is 66.1 Å². The molecule has 1 saturated carbocycles. The number of anilines is 1. The standard InChI is InChI=1S/C24H25FN2OS/c1-15(24(28)27-19-7-9-20(29)10-8-19)16-2-4-17(5-3-16)21-12-13-26-23-11-6-18(25)14-22(21)23/h6-17,29H,2-5H2,1H3,(H,27,28)/t15-,16-,17+/m1/s1. The lowest BCUT2D eigenvalue weighted by Crippen LogP contribution is -2.29. The average molecular weight is 409 g/mol. The van der Waals surface area contributed by atoms with Crippen molar-refractivity contribution in [3.8, 4) is 0 Å². The topological polar surface area (TPSA) is 42.0 Å². The van der Waals surface area contributed by atoms with Crippen molar-refractivity contribution < 1.29 is 9.18 Å². The van der Waals surface area contributed by atoms with Crippen LogP contribution in [0.1, 0.15) is 44.1 Å². The predicted octanol–water partition coefficient (Wildman–Crippen LogP) is 6.21. The number of benzene rings is 2. The van der Waals surface area contributed by atoms with Crippen LogP contribution in [0.4, 0.5) is 10.1 Å². The third-order valence-corrected chi connectivity index (χ3v) is 6.50. The first-order chi connectivity index (χ1) is 14.0. The minimum Gasteiger partial charge on any atom is -0.326 e. The fraction of sp³-hybridized carbons (Fsp3) is 0.333. The second kappa shape index (κ2) is 8.54.